The van der Waals surface area contributed by atoms with Crippen molar-refractivity contribution in [3.8, 4) is 0 Å². The summed E-state index contributed by atoms with van der Waals surface area (Å²) in [6, 6.07) is 2.04. The fraction of sp³-hybridized carbons (Fsp3) is 1.00. The van der Waals surface area contributed by atoms with Gasteiger partial charge in [0.2, 0.25) is 0 Å². The van der Waals surface area contributed by atoms with E-state index in [9.17, 15) is 0 Å². The third kappa shape index (κ3) is 4.04. The van der Waals surface area contributed by atoms with Gasteiger partial charge >= 0.3 is 0 Å². The quantitative estimate of drug-likeness (QED) is 0.751. The Balaban J connectivity index is 2.29. The normalized spacial score (nSPS) is 28.3. The van der Waals surface area contributed by atoms with Crippen molar-refractivity contribution in [1.82, 2.24) is 10.2 Å². The summed E-state index contributed by atoms with van der Waals surface area (Å²) in [7, 11) is 4.02. The Kier molecular flexibility index (Phi) is 6.32. The first kappa shape index (κ1) is 13.9. The van der Waals surface area contributed by atoms with E-state index in [4.69, 9.17) is 4.74 Å². The van der Waals surface area contributed by atoms with E-state index in [2.05, 4.69) is 31.1 Å². The molecule has 0 aromatic rings. The highest BCUT2D eigenvalue weighted by atomic mass is 16.5. The van der Waals surface area contributed by atoms with E-state index < -0.39 is 0 Å². The summed E-state index contributed by atoms with van der Waals surface area (Å²) in [6.45, 7) is 6.38. The lowest BCUT2D eigenvalue weighted by Crippen LogP contribution is -2.45. The molecule has 0 aromatic heterocycles. The van der Waals surface area contributed by atoms with Crippen LogP contribution in [0.1, 0.15) is 39.5 Å². The Morgan fingerprint density at radius 3 is 2.44 bits per heavy atom. The zero-order valence-electron chi connectivity index (χ0n) is 11.3. The SMILES string of the molecule is CCNC1CCC(N(C)C(C)COC)CC1. The molecule has 0 amide bonds. The summed E-state index contributed by atoms with van der Waals surface area (Å²) in [5.41, 5.74) is 0. The van der Waals surface area contributed by atoms with E-state index in [0.29, 0.717) is 6.04 Å². The number of hydrogen-bond acceptors (Lipinski definition) is 3. The Morgan fingerprint density at radius 2 is 1.94 bits per heavy atom. The maximum atomic E-state index is 5.22. The standard InChI is InChI=1S/C13H28N2O/c1-5-14-12-6-8-13(9-7-12)15(3)11(2)10-16-4/h11-14H,5-10H2,1-4H3. The highest BCUT2D eigenvalue weighted by Gasteiger charge is 2.25. The molecular weight excluding hydrogens is 200 g/mol. The maximum absolute atomic E-state index is 5.22. The number of methoxy groups -OCH3 is 1. The summed E-state index contributed by atoms with van der Waals surface area (Å²) in [5, 5.41) is 3.56. The second kappa shape index (κ2) is 7.25. The average Bonchev–Trinajstić information content (AvgIpc) is 2.30. The summed E-state index contributed by atoms with van der Waals surface area (Å²) in [4.78, 5) is 2.49. The molecule has 0 aliphatic heterocycles. The molecule has 0 spiro atoms. The Morgan fingerprint density at radius 1 is 1.31 bits per heavy atom. The van der Waals surface area contributed by atoms with Gasteiger partial charge < -0.3 is 10.1 Å². The molecule has 1 aliphatic carbocycles. The zero-order valence-corrected chi connectivity index (χ0v) is 11.3. The number of nitrogens with zero attached hydrogens (tertiary/aromatic N) is 1. The van der Waals surface area contributed by atoms with Crippen LogP contribution in [0.2, 0.25) is 0 Å². The molecule has 0 bridgehead atoms. The van der Waals surface area contributed by atoms with Crippen LogP contribution in [0.15, 0.2) is 0 Å². The van der Waals surface area contributed by atoms with E-state index in [1.54, 1.807) is 7.11 Å². The Hall–Kier alpha value is -0.120. The minimum atomic E-state index is 0.533. The first-order valence-corrected chi connectivity index (χ1v) is 6.63. The minimum absolute atomic E-state index is 0.533. The molecule has 1 saturated carbocycles. The van der Waals surface area contributed by atoms with Crippen molar-refractivity contribution in [1.29, 1.82) is 0 Å². The molecule has 0 radical (unpaired) electrons. The molecule has 0 saturated heterocycles. The molecule has 0 aromatic carbocycles. The zero-order chi connectivity index (χ0) is 12.0. The molecule has 1 rings (SSSR count). The molecule has 0 heterocycles. The van der Waals surface area contributed by atoms with Crippen LogP contribution in [0.4, 0.5) is 0 Å². The minimum Gasteiger partial charge on any atom is -0.383 e. The summed E-state index contributed by atoms with van der Waals surface area (Å²) >= 11 is 0. The number of hydrogen-bond donors (Lipinski definition) is 1. The Bertz CT molecular complexity index is 179. The van der Waals surface area contributed by atoms with Crippen LogP contribution in [0.25, 0.3) is 0 Å². The smallest absolute Gasteiger partial charge is 0.0615 e. The lowest BCUT2D eigenvalue weighted by molar-refractivity contribution is 0.0717. The predicted molar refractivity (Wildman–Crippen MR) is 68.8 cm³/mol. The number of rotatable bonds is 6. The van der Waals surface area contributed by atoms with Crippen molar-refractivity contribution in [3.05, 3.63) is 0 Å². The van der Waals surface area contributed by atoms with Crippen LogP contribution in [0.3, 0.4) is 0 Å². The molecule has 1 aliphatic rings. The van der Waals surface area contributed by atoms with Gasteiger partial charge in [0.25, 0.3) is 0 Å². The van der Waals surface area contributed by atoms with Crippen molar-refractivity contribution in [2.45, 2.75) is 57.7 Å². The average molecular weight is 228 g/mol. The van der Waals surface area contributed by atoms with Crippen LogP contribution >= 0.6 is 0 Å². The van der Waals surface area contributed by atoms with E-state index in [1.165, 1.54) is 25.7 Å². The van der Waals surface area contributed by atoms with Gasteiger partial charge in [0.15, 0.2) is 0 Å². The topological polar surface area (TPSA) is 24.5 Å². The van der Waals surface area contributed by atoms with E-state index in [0.717, 1.165) is 25.2 Å². The van der Waals surface area contributed by atoms with Crippen molar-refractivity contribution in [3.63, 3.8) is 0 Å². The summed E-state index contributed by atoms with van der Waals surface area (Å²) in [5.74, 6) is 0. The van der Waals surface area contributed by atoms with Crippen LogP contribution in [-0.4, -0.2) is 50.3 Å². The molecule has 16 heavy (non-hydrogen) atoms. The van der Waals surface area contributed by atoms with Gasteiger partial charge in [-0.1, -0.05) is 6.92 Å². The molecular formula is C13H28N2O. The number of likely N-dealkylation sites (N-methyl/N-ethyl adjacent to an activating group) is 1. The van der Waals surface area contributed by atoms with Gasteiger partial charge in [0.05, 0.1) is 6.61 Å². The van der Waals surface area contributed by atoms with Crippen molar-refractivity contribution < 1.29 is 4.74 Å². The lowest BCUT2D eigenvalue weighted by Gasteiger charge is -2.37. The van der Waals surface area contributed by atoms with Crippen LogP contribution in [0, 0.1) is 0 Å². The third-order valence-corrected chi connectivity index (χ3v) is 3.87. The van der Waals surface area contributed by atoms with Crippen molar-refractivity contribution in [2.75, 3.05) is 27.3 Å². The Labute approximate surface area is 101 Å². The predicted octanol–water partition coefficient (Wildman–Crippen LogP) is 1.87. The van der Waals surface area contributed by atoms with Crippen molar-refractivity contribution in [2.24, 2.45) is 0 Å². The van der Waals surface area contributed by atoms with Gasteiger partial charge in [-0.15, -0.1) is 0 Å². The second-order valence-electron chi connectivity index (χ2n) is 5.03. The van der Waals surface area contributed by atoms with Crippen LogP contribution < -0.4 is 5.32 Å². The molecule has 1 atom stereocenters. The van der Waals surface area contributed by atoms with Crippen molar-refractivity contribution >= 4 is 0 Å². The molecule has 96 valence electrons. The first-order chi connectivity index (χ1) is 7.69. The van der Waals surface area contributed by atoms with E-state index in [1.807, 2.05) is 0 Å². The third-order valence-electron chi connectivity index (χ3n) is 3.87. The largest absolute Gasteiger partial charge is 0.383 e. The van der Waals surface area contributed by atoms with Gasteiger partial charge in [-0.25, -0.2) is 0 Å². The summed E-state index contributed by atoms with van der Waals surface area (Å²) < 4.78 is 5.22. The molecule has 1 unspecified atom stereocenters. The first-order valence-electron chi connectivity index (χ1n) is 6.63. The van der Waals surface area contributed by atoms with E-state index >= 15 is 0 Å². The molecule has 3 nitrogen and oxygen atoms in total. The van der Waals surface area contributed by atoms with Gasteiger partial charge in [-0.3, -0.25) is 4.90 Å². The van der Waals surface area contributed by atoms with Gasteiger partial charge in [0.1, 0.15) is 0 Å². The van der Waals surface area contributed by atoms with Gasteiger partial charge in [-0.05, 0) is 46.2 Å². The molecule has 3 heteroatoms. The van der Waals surface area contributed by atoms with Crippen LogP contribution in [0.5, 0.6) is 0 Å². The lowest BCUT2D eigenvalue weighted by atomic mass is 9.90. The highest BCUT2D eigenvalue weighted by molar-refractivity contribution is 4.83. The molecule has 1 fully saturated rings. The monoisotopic (exact) mass is 228 g/mol. The number of nitrogens with one attached hydrogen (secondary N) is 1. The number of ether oxygens (including phenoxy) is 1. The summed E-state index contributed by atoms with van der Waals surface area (Å²) in [6.07, 6.45) is 5.29. The molecule has 1 N–H and O–H groups in total. The van der Waals surface area contributed by atoms with Crippen LogP contribution in [-0.2, 0) is 4.74 Å². The fourth-order valence-corrected chi connectivity index (χ4v) is 2.69. The highest BCUT2D eigenvalue weighted by Crippen LogP contribution is 2.23. The fourth-order valence-electron chi connectivity index (χ4n) is 2.69. The van der Waals surface area contributed by atoms with Gasteiger partial charge in [0, 0.05) is 25.2 Å². The van der Waals surface area contributed by atoms with Gasteiger partial charge in [-0.2, -0.15) is 0 Å². The second-order valence-corrected chi connectivity index (χ2v) is 5.03. The maximum Gasteiger partial charge on any atom is 0.0615 e. The van der Waals surface area contributed by atoms with E-state index in [-0.39, 0.29) is 0 Å².